The Kier molecular flexibility index (Phi) is 4.99. The Balaban J connectivity index is 1.89. The highest BCUT2D eigenvalue weighted by Gasteiger charge is 2.37. The molecule has 1 amide bonds. The van der Waals surface area contributed by atoms with Crippen LogP contribution < -0.4 is 5.32 Å². The number of fused-ring (bicyclic) bond motifs is 1. The highest BCUT2D eigenvalue weighted by atomic mass is 19.4. The SMILES string of the molecule is Cc1cc(C(=O)NC[C@@](C)(O)c2ccc(F)cc2F)n2nc(C(F)(F)F)nc2n1. The Bertz CT molecular complexity index is 1090. The van der Waals surface area contributed by atoms with Crippen LogP contribution in [0.1, 0.15) is 34.5 Å². The Morgan fingerprint density at radius 2 is 1.90 bits per heavy atom. The maximum atomic E-state index is 13.9. The van der Waals surface area contributed by atoms with Crippen LogP contribution in [0.3, 0.4) is 0 Å². The summed E-state index contributed by atoms with van der Waals surface area (Å²) in [6.45, 7) is 2.12. The number of benzene rings is 1. The number of hydrogen-bond acceptors (Lipinski definition) is 5. The van der Waals surface area contributed by atoms with E-state index >= 15 is 0 Å². The largest absolute Gasteiger partial charge is 0.453 e. The molecule has 0 aliphatic carbocycles. The van der Waals surface area contributed by atoms with Crippen LogP contribution in [0.25, 0.3) is 5.78 Å². The zero-order valence-corrected chi connectivity index (χ0v) is 15.1. The summed E-state index contributed by atoms with van der Waals surface area (Å²) in [5, 5.41) is 16.0. The fourth-order valence-corrected chi connectivity index (χ4v) is 2.63. The van der Waals surface area contributed by atoms with Crippen molar-refractivity contribution in [3.63, 3.8) is 0 Å². The highest BCUT2D eigenvalue weighted by Crippen LogP contribution is 2.27. The number of aryl methyl sites for hydroxylation is 1. The van der Waals surface area contributed by atoms with E-state index in [1.165, 1.54) is 19.9 Å². The lowest BCUT2D eigenvalue weighted by molar-refractivity contribution is -0.144. The van der Waals surface area contributed by atoms with E-state index in [2.05, 4.69) is 20.4 Å². The lowest BCUT2D eigenvalue weighted by Crippen LogP contribution is -2.40. The molecule has 7 nitrogen and oxygen atoms in total. The second-order valence-corrected chi connectivity index (χ2v) is 6.51. The first-order valence-corrected chi connectivity index (χ1v) is 8.16. The van der Waals surface area contributed by atoms with E-state index in [0.717, 1.165) is 12.1 Å². The van der Waals surface area contributed by atoms with Gasteiger partial charge >= 0.3 is 6.18 Å². The van der Waals surface area contributed by atoms with Crippen molar-refractivity contribution in [3.8, 4) is 0 Å². The maximum Gasteiger partial charge on any atom is 0.453 e. The molecule has 3 rings (SSSR count). The number of alkyl halides is 3. The van der Waals surface area contributed by atoms with Crippen LogP contribution in [0.5, 0.6) is 0 Å². The van der Waals surface area contributed by atoms with E-state index in [-0.39, 0.29) is 17.0 Å². The molecule has 0 aliphatic rings. The van der Waals surface area contributed by atoms with Gasteiger partial charge in [-0.05, 0) is 26.0 Å². The average Bonchev–Trinajstić information content (AvgIpc) is 3.03. The molecule has 3 aromatic rings. The van der Waals surface area contributed by atoms with Crippen molar-refractivity contribution in [2.45, 2.75) is 25.6 Å². The monoisotopic (exact) mass is 415 g/mol. The predicted octanol–water partition coefficient (Wildman–Crippen LogP) is 2.37. The van der Waals surface area contributed by atoms with Crippen molar-refractivity contribution in [1.29, 1.82) is 0 Å². The smallest absolute Gasteiger partial charge is 0.383 e. The summed E-state index contributed by atoms with van der Waals surface area (Å²) in [7, 11) is 0. The molecule has 0 spiro atoms. The maximum absolute atomic E-state index is 13.9. The summed E-state index contributed by atoms with van der Waals surface area (Å²) in [5.41, 5.74) is -2.30. The molecule has 0 radical (unpaired) electrons. The molecule has 1 atom stereocenters. The van der Waals surface area contributed by atoms with Crippen molar-refractivity contribution in [1.82, 2.24) is 24.9 Å². The molecule has 0 bridgehead atoms. The van der Waals surface area contributed by atoms with E-state index in [1.807, 2.05) is 0 Å². The molecular formula is C17H14F5N5O2. The summed E-state index contributed by atoms with van der Waals surface area (Å²) in [5.74, 6) is -4.66. The van der Waals surface area contributed by atoms with Gasteiger partial charge in [0.05, 0.1) is 6.54 Å². The van der Waals surface area contributed by atoms with Crippen LogP contribution in [0, 0.1) is 18.6 Å². The molecular weight excluding hydrogens is 401 g/mol. The topological polar surface area (TPSA) is 92.4 Å². The fraction of sp³-hybridized carbons (Fsp3) is 0.294. The molecule has 12 heteroatoms. The number of aromatic nitrogens is 4. The molecule has 0 saturated heterocycles. The van der Waals surface area contributed by atoms with E-state index < -0.39 is 47.5 Å². The minimum Gasteiger partial charge on any atom is -0.383 e. The van der Waals surface area contributed by atoms with Crippen molar-refractivity contribution in [3.05, 3.63) is 58.7 Å². The van der Waals surface area contributed by atoms with Crippen molar-refractivity contribution >= 4 is 11.7 Å². The Labute approximate surface area is 160 Å². The molecule has 154 valence electrons. The average molecular weight is 415 g/mol. The number of carbonyl (C=O) groups is 1. The molecule has 2 N–H and O–H groups in total. The van der Waals surface area contributed by atoms with E-state index in [9.17, 15) is 31.9 Å². The highest BCUT2D eigenvalue weighted by molar-refractivity contribution is 5.93. The molecule has 29 heavy (non-hydrogen) atoms. The van der Waals surface area contributed by atoms with Crippen LogP contribution in [-0.2, 0) is 11.8 Å². The third kappa shape index (κ3) is 4.16. The summed E-state index contributed by atoms with van der Waals surface area (Å²) >= 11 is 0. The van der Waals surface area contributed by atoms with Gasteiger partial charge in [-0.2, -0.15) is 22.7 Å². The van der Waals surface area contributed by atoms with Crippen LogP contribution in [0.15, 0.2) is 24.3 Å². The van der Waals surface area contributed by atoms with Crippen LogP contribution in [-0.4, -0.2) is 37.1 Å². The minimum atomic E-state index is -4.83. The van der Waals surface area contributed by atoms with E-state index in [1.54, 1.807) is 0 Å². The van der Waals surface area contributed by atoms with Crippen LogP contribution in [0.4, 0.5) is 22.0 Å². The van der Waals surface area contributed by atoms with Gasteiger partial charge in [0.2, 0.25) is 0 Å². The molecule has 1 aromatic carbocycles. The molecule has 0 fully saturated rings. The number of nitrogens with zero attached hydrogens (tertiary/aromatic N) is 4. The van der Waals surface area contributed by atoms with E-state index in [0.29, 0.717) is 10.6 Å². The number of amides is 1. The molecule has 2 aromatic heterocycles. The fourth-order valence-electron chi connectivity index (χ4n) is 2.63. The van der Waals surface area contributed by atoms with Crippen molar-refractivity contribution in [2.75, 3.05) is 6.54 Å². The molecule has 0 saturated carbocycles. The van der Waals surface area contributed by atoms with Crippen molar-refractivity contribution < 1.29 is 31.9 Å². The van der Waals surface area contributed by atoms with Crippen LogP contribution in [0.2, 0.25) is 0 Å². The standard InChI is InChI=1S/C17H14F5N5O2/c1-8-5-12(27-15(24-8)25-14(26-27)17(20,21)22)13(28)23-7-16(2,29)10-4-3-9(18)6-11(10)19/h3-6,29H,7H2,1-2H3,(H,23,28)/t16-/m1/s1. The number of nitrogens with one attached hydrogen (secondary N) is 1. The first kappa shape index (κ1) is 20.6. The van der Waals surface area contributed by atoms with Gasteiger partial charge in [-0.25, -0.2) is 13.8 Å². The quantitative estimate of drug-likeness (QED) is 0.639. The second kappa shape index (κ2) is 7.03. The third-order valence-electron chi connectivity index (χ3n) is 4.03. The van der Waals surface area contributed by atoms with Gasteiger partial charge in [-0.1, -0.05) is 6.07 Å². The summed E-state index contributed by atoms with van der Waals surface area (Å²) in [4.78, 5) is 19.6. The first-order chi connectivity index (χ1) is 13.4. The second-order valence-electron chi connectivity index (χ2n) is 6.51. The van der Waals surface area contributed by atoms with Crippen LogP contribution >= 0.6 is 0 Å². The Morgan fingerprint density at radius 3 is 2.52 bits per heavy atom. The van der Waals surface area contributed by atoms with Gasteiger partial charge < -0.3 is 10.4 Å². The van der Waals surface area contributed by atoms with Gasteiger partial charge in [0.1, 0.15) is 22.9 Å². The number of rotatable bonds is 4. The third-order valence-corrected chi connectivity index (χ3v) is 4.03. The van der Waals surface area contributed by atoms with Gasteiger partial charge in [-0.3, -0.25) is 4.79 Å². The first-order valence-electron chi connectivity index (χ1n) is 8.16. The lowest BCUT2D eigenvalue weighted by Gasteiger charge is -2.24. The predicted molar refractivity (Wildman–Crippen MR) is 88.8 cm³/mol. The molecule has 0 unspecified atom stereocenters. The summed E-state index contributed by atoms with van der Waals surface area (Å²) in [6, 6.07) is 3.73. The van der Waals surface area contributed by atoms with Gasteiger partial charge in [0.25, 0.3) is 17.5 Å². The number of aliphatic hydroxyl groups is 1. The number of halogens is 5. The minimum absolute atomic E-state index is 0.208. The normalized spacial score (nSPS) is 14.1. The number of hydrogen-bond donors (Lipinski definition) is 2. The van der Waals surface area contributed by atoms with Crippen molar-refractivity contribution in [2.24, 2.45) is 0 Å². The molecule has 2 heterocycles. The summed E-state index contributed by atoms with van der Waals surface area (Å²) in [6.07, 6.45) is -4.83. The van der Waals surface area contributed by atoms with Gasteiger partial charge in [0, 0.05) is 17.3 Å². The lowest BCUT2D eigenvalue weighted by atomic mass is 9.95. The van der Waals surface area contributed by atoms with Gasteiger partial charge in [-0.15, -0.1) is 5.10 Å². The number of carbonyl (C=O) groups excluding carboxylic acids is 1. The zero-order chi connectivity index (χ0) is 21.6. The zero-order valence-electron chi connectivity index (χ0n) is 15.1. The Morgan fingerprint density at radius 1 is 1.21 bits per heavy atom. The Hall–Kier alpha value is -3.15. The van der Waals surface area contributed by atoms with Gasteiger partial charge in [0.15, 0.2) is 0 Å². The summed E-state index contributed by atoms with van der Waals surface area (Å²) < 4.78 is 66.2. The van der Waals surface area contributed by atoms with E-state index in [4.69, 9.17) is 0 Å². The molecule has 0 aliphatic heterocycles.